The number of aromatic nitrogens is 1. The van der Waals surface area contributed by atoms with Crippen LogP contribution in [0.25, 0.3) is 6.08 Å². The lowest BCUT2D eigenvalue weighted by Gasteiger charge is -2.32. The maximum atomic E-state index is 10.8. The number of hydrogen-bond acceptors (Lipinski definition) is 5. The number of aliphatic hydroxyl groups excluding tert-OH is 1. The first-order valence-corrected chi connectivity index (χ1v) is 6.86. The molecule has 0 aromatic carbocycles. The highest BCUT2D eigenvalue weighted by atomic mass is 16.7. The van der Waals surface area contributed by atoms with Gasteiger partial charge in [0, 0.05) is 18.0 Å². The van der Waals surface area contributed by atoms with E-state index in [1.165, 1.54) is 6.20 Å². The Morgan fingerprint density at radius 2 is 1.81 bits per heavy atom. The van der Waals surface area contributed by atoms with Crippen LogP contribution in [0.15, 0.2) is 23.9 Å². The molecule has 0 bridgehead atoms. The zero-order valence-electron chi connectivity index (χ0n) is 12.8. The molecular weight excluding hydrogens is 269 g/mol. The first kappa shape index (κ1) is 15.9. The lowest BCUT2D eigenvalue weighted by atomic mass is 9.77. The monoisotopic (exact) mass is 289 g/mol. The number of nitrogens with zero attached hydrogens (tertiary/aromatic N) is 1. The second-order valence-electron chi connectivity index (χ2n) is 6.14. The van der Waals surface area contributed by atoms with Crippen LogP contribution in [0.3, 0.4) is 0 Å². The van der Waals surface area contributed by atoms with Crippen LogP contribution in [0.4, 0.5) is 0 Å². The van der Waals surface area contributed by atoms with Crippen molar-refractivity contribution >= 4 is 19.5 Å². The predicted octanol–water partition coefficient (Wildman–Crippen LogP) is 1.90. The fourth-order valence-electron chi connectivity index (χ4n) is 2.02. The Balaban J connectivity index is 2.28. The Morgan fingerprint density at radius 3 is 2.33 bits per heavy atom. The molecule has 6 heteroatoms. The first-order valence-electron chi connectivity index (χ1n) is 6.86. The molecule has 0 saturated carbocycles. The average molecular weight is 289 g/mol. The summed E-state index contributed by atoms with van der Waals surface area (Å²) in [6.07, 6.45) is 5.57. The molecule has 112 valence electrons. The van der Waals surface area contributed by atoms with E-state index in [0.717, 1.165) is 11.8 Å². The highest BCUT2D eigenvalue weighted by Crippen LogP contribution is 2.38. The van der Waals surface area contributed by atoms with Gasteiger partial charge < -0.3 is 14.4 Å². The van der Waals surface area contributed by atoms with E-state index in [1.807, 2.05) is 27.7 Å². The van der Waals surface area contributed by atoms with Gasteiger partial charge in [0.15, 0.2) is 6.29 Å². The van der Waals surface area contributed by atoms with Gasteiger partial charge in [0.25, 0.3) is 0 Å². The largest absolute Gasteiger partial charge is 0.492 e. The van der Waals surface area contributed by atoms with Crippen LogP contribution in [0.5, 0.6) is 0 Å². The van der Waals surface area contributed by atoms with Gasteiger partial charge in [-0.05, 0) is 44.8 Å². The molecule has 21 heavy (non-hydrogen) atoms. The quantitative estimate of drug-likeness (QED) is 0.677. The van der Waals surface area contributed by atoms with Crippen molar-refractivity contribution in [2.45, 2.75) is 38.9 Å². The minimum Gasteiger partial charge on any atom is -0.400 e. The maximum absolute atomic E-state index is 10.8. The normalized spacial score (nSPS) is 20.6. The minimum atomic E-state index is -0.611. The fraction of sp³-hybridized carbons (Fsp3) is 0.467. The number of carbonyl (C=O) groups is 1. The molecule has 0 amide bonds. The summed E-state index contributed by atoms with van der Waals surface area (Å²) in [5.74, 6) is 0. The Kier molecular flexibility index (Phi) is 4.32. The van der Waals surface area contributed by atoms with Gasteiger partial charge in [-0.2, -0.15) is 0 Å². The van der Waals surface area contributed by atoms with Gasteiger partial charge in [-0.1, -0.05) is 6.08 Å². The molecule has 2 rings (SSSR count). The van der Waals surface area contributed by atoms with Crippen LogP contribution < -0.4 is 0 Å². The van der Waals surface area contributed by atoms with Gasteiger partial charge in [-0.25, -0.2) is 0 Å². The Hall–Kier alpha value is -1.50. The Morgan fingerprint density at radius 1 is 1.24 bits per heavy atom. The number of pyridine rings is 1. The van der Waals surface area contributed by atoms with Crippen molar-refractivity contribution in [2.24, 2.45) is 0 Å². The minimum absolute atomic E-state index is 0.192. The van der Waals surface area contributed by atoms with Crippen LogP contribution in [0, 0.1) is 0 Å². The van der Waals surface area contributed by atoms with Crippen LogP contribution in [0.1, 0.15) is 43.6 Å². The van der Waals surface area contributed by atoms with E-state index >= 15 is 0 Å². The Bertz CT molecular complexity index is 553. The second kappa shape index (κ2) is 5.71. The molecule has 1 aliphatic rings. The van der Waals surface area contributed by atoms with Crippen molar-refractivity contribution in [1.82, 2.24) is 4.98 Å². The zero-order chi connectivity index (χ0) is 15.7. The molecule has 0 unspecified atom stereocenters. The number of rotatable bonds is 4. The van der Waals surface area contributed by atoms with Crippen molar-refractivity contribution in [3.8, 4) is 0 Å². The van der Waals surface area contributed by atoms with E-state index in [-0.39, 0.29) is 6.61 Å². The van der Waals surface area contributed by atoms with Crippen molar-refractivity contribution in [3.05, 3.63) is 35.1 Å². The highest BCUT2D eigenvalue weighted by molar-refractivity contribution is 6.55. The molecule has 1 fully saturated rings. The highest BCUT2D eigenvalue weighted by Gasteiger charge is 2.52. The zero-order valence-corrected chi connectivity index (χ0v) is 12.8. The third-order valence-electron chi connectivity index (χ3n) is 4.01. The summed E-state index contributed by atoms with van der Waals surface area (Å²) in [5.41, 5.74) is 0.871. The van der Waals surface area contributed by atoms with Crippen molar-refractivity contribution in [3.63, 3.8) is 0 Å². The molecule has 1 N–H and O–H groups in total. The molecule has 0 radical (unpaired) electrons. The van der Waals surface area contributed by atoms with Crippen LogP contribution in [0.2, 0.25) is 0 Å². The van der Waals surface area contributed by atoms with Crippen LogP contribution in [-0.4, -0.2) is 41.3 Å². The van der Waals surface area contributed by atoms with Gasteiger partial charge in [-0.3, -0.25) is 9.78 Å². The summed E-state index contributed by atoms with van der Waals surface area (Å²) in [6.45, 7) is 7.63. The van der Waals surface area contributed by atoms with Crippen molar-refractivity contribution < 1.29 is 19.2 Å². The predicted molar refractivity (Wildman–Crippen MR) is 80.8 cm³/mol. The molecular formula is C15H20BNO4. The van der Waals surface area contributed by atoms with E-state index in [1.54, 1.807) is 18.3 Å². The first-order chi connectivity index (χ1) is 9.79. The lowest BCUT2D eigenvalue weighted by molar-refractivity contribution is 0.00578. The summed E-state index contributed by atoms with van der Waals surface area (Å²) in [7, 11) is -0.611. The lowest BCUT2D eigenvalue weighted by Crippen LogP contribution is -2.41. The van der Waals surface area contributed by atoms with Crippen molar-refractivity contribution in [1.29, 1.82) is 0 Å². The van der Waals surface area contributed by atoms with Gasteiger partial charge in [0.1, 0.15) is 0 Å². The van der Waals surface area contributed by atoms with Crippen LogP contribution in [-0.2, 0) is 9.31 Å². The molecule has 1 saturated heterocycles. The molecule has 0 spiro atoms. The average Bonchev–Trinajstić information content (AvgIpc) is 2.65. The van der Waals surface area contributed by atoms with E-state index in [0.29, 0.717) is 11.0 Å². The van der Waals surface area contributed by atoms with E-state index < -0.39 is 18.3 Å². The third-order valence-corrected chi connectivity index (χ3v) is 4.01. The number of aliphatic hydroxyl groups is 1. The second-order valence-corrected chi connectivity index (χ2v) is 6.14. The maximum Gasteiger partial charge on any atom is 0.492 e. The molecule has 0 aliphatic carbocycles. The molecule has 5 nitrogen and oxygen atoms in total. The van der Waals surface area contributed by atoms with Gasteiger partial charge in [0.2, 0.25) is 0 Å². The van der Waals surface area contributed by atoms with E-state index in [9.17, 15) is 9.90 Å². The third kappa shape index (κ3) is 3.23. The molecule has 1 aromatic rings. The number of hydrogen-bond donors (Lipinski definition) is 1. The molecule has 0 atom stereocenters. The number of carbonyl (C=O) groups excluding carboxylic acids is 1. The summed E-state index contributed by atoms with van der Waals surface area (Å²) in [4.78, 5) is 14.8. The fourth-order valence-corrected chi connectivity index (χ4v) is 2.02. The van der Waals surface area contributed by atoms with Gasteiger partial charge in [0.05, 0.1) is 17.8 Å². The van der Waals surface area contributed by atoms with Crippen molar-refractivity contribution in [2.75, 3.05) is 6.61 Å². The molecule has 1 aliphatic heterocycles. The van der Waals surface area contributed by atoms with Gasteiger partial charge >= 0.3 is 7.12 Å². The topological polar surface area (TPSA) is 68.7 Å². The number of aldehydes is 1. The smallest absolute Gasteiger partial charge is 0.400 e. The Labute approximate surface area is 125 Å². The molecule has 2 heterocycles. The summed E-state index contributed by atoms with van der Waals surface area (Å²) in [5, 5.41) is 9.60. The standard InChI is InChI=1S/C15H20BNO4/c1-14(2)15(3,4)21-16(20-14)13(10-19)6-11-5-12(9-18)8-17-7-11/h5-9,19H,10H2,1-4H3. The van der Waals surface area contributed by atoms with Crippen LogP contribution >= 0.6 is 0 Å². The summed E-state index contributed by atoms with van der Waals surface area (Å²) < 4.78 is 11.8. The molecule has 1 aromatic heterocycles. The van der Waals surface area contributed by atoms with E-state index in [2.05, 4.69) is 4.98 Å². The van der Waals surface area contributed by atoms with E-state index in [4.69, 9.17) is 9.31 Å². The summed E-state index contributed by atoms with van der Waals surface area (Å²) in [6, 6.07) is 1.70. The SMILES string of the molecule is CC1(C)OB(C(=Cc2cncc(C=O)c2)CO)OC1(C)C. The van der Waals surface area contributed by atoms with Gasteiger partial charge in [-0.15, -0.1) is 0 Å². The summed E-state index contributed by atoms with van der Waals surface area (Å²) >= 11 is 0.